The van der Waals surface area contributed by atoms with Crippen LogP contribution in [0.25, 0.3) is 0 Å². The Morgan fingerprint density at radius 1 is 0.864 bits per heavy atom. The number of nitrogens with one attached hydrogen (secondary N) is 2. The maximum atomic E-state index is 13.7. The van der Waals surface area contributed by atoms with Gasteiger partial charge in [-0.2, -0.15) is 0 Å². The fraction of sp³-hybridized carbons (Fsp3) is 0.333. The summed E-state index contributed by atoms with van der Waals surface area (Å²) in [4.78, 5) is 63.7. The Bertz CT molecular complexity index is 1470. The normalized spacial score (nSPS) is 12.8. The maximum absolute atomic E-state index is 13.7. The second-order valence-electron chi connectivity index (χ2n) is 10.4. The maximum Gasteiger partial charge on any atom is 0.337 e. The number of benzene rings is 3. The highest BCUT2D eigenvalue weighted by Gasteiger charge is 2.33. The Morgan fingerprint density at radius 3 is 2.11 bits per heavy atom. The molecule has 3 aromatic rings. The number of carbonyl (C=O) groups excluding carboxylic acids is 4. The predicted octanol–water partition coefficient (Wildman–Crippen LogP) is 5.33. The highest BCUT2D eigenvalue weighted by Crippen LogP contribution is 2.47. The van der Waals surface area contributed by atoms with E-state index in [2.05, 4.69) is 15.4 Å². The van der Waals surface area contributed by atoms with Gasteiger partial charge in [0, 0.05) is 48.9 Å². The summed E-state index contributed by atoms with van der Waals surface area (Å²) >= 11 is 0. The Labute approximate surface area is 258 Å². The lowest BCUT2D eigenvalue weighted by atomic mass is 10.1. The first-order valence-corrected chi connectivity index (χ1v) is 16.5. The van der Waals surface area contributed by atoms with Gasteiger partial charge in [-0.05, 0) is 60.9 Å². The average Bonchev–Trinajstić information content (AvgIpc) is 3.03. The second kappa shape index (κ2) is 16.5. The van der Waals surface area contributed by atoms with Crippen molar-refractivity contribution < 1.29 is 33.4 Å². The highest BCUT2D eigenvalue weighted by atomic mass is 31.2. The summed E-state index contributed by atoms with van der Waals surface area (Å²) in [5, 5.41) is 5.36. The number of nitrogens with zero attached hydrogens (tertiary/aromatic N) is 1. The number of rotatable bonds is 15. The monoisotopic (exact) mass is 621 g/mol. The molecule has 0 radical (unpaired) electrons. The van der Waals surface area contributed by atoms with E-state index in [1.165, 1.54) is 37.4 Å². The van der Waals surface area contributed by atoms with Crippen molar-refractivity contribution >= 4 is 36.7 Å². The van der Waals surface area contributed by atoms with Gasteiger partial charge in [0.05, 0.1) is 12.7 Å². The molecule has 11 heteroatoms. The molecule has 0 aliphatic rings. The summed E-state index contributed by atoms with van der Waals surface area (Å²) in [5.41, 5.74) is 2.02. The standard InChI is InChI=1S/C33H40N3O7P/c1-4-19-36(20-5-2)32(39)27-13-9-12-26(23-27)31(38)35-30(22-24-10-7-6-8-11-24)44(41,42)21-18-29(37)34-28-16-14-25(15-17-28)33(40)43-3/h6-17,23,30H,4-5,18-22H2,1-3H3,(H,34,37)(H,35,38)(H,41,42). The highest BCUT2D eigenvalue weighted by molar-refractivity contribution is 7.58. The van der Waals surface area contributed by atoms with E-state index in [9.17, 15) is 28.6 Å². The minimum Gasteiger partial charge on any atom is -0.465 e. The Kier molecular flexibility index (Phi) is 12.9. The lowest BCUT2D eigenvalue weighted by Crippen LogP contribution is -2.37. The van der Waals surface area contributed by atoms with Crippen LogP contribution >= 0.6 is 7.37 Å². The molecule has 0 heterocycles. The van der Waals surface area contributed by atoms with Crippen LogP contribution in [0.1, 0.15) is 69.7 Å². The van der Waals surface area contributed by atoms with Crippen molar-refractivity contribution in [1.29, 1.82) is 0 Å². The van der Waals surface area contributed by atoms with E-state index in [0.29, 0.717) is 29.9 Å². The molecule has 2 atom stereocenters. The summed E-state index contributed by atoms with van der Waals surface area (Å²) in [7, 11) is -2.85. The van der Waals surface area contributed by atoms with Gasteiger partial charge >= 0.3 is 5.97 Å². The van der Waals surface area contributed by atoms with Gasteiger partial charge in [0.25, 0.3) is 11.8 Å². The van der Waals surface area contributed by atoms with Crippen molar-refractivity contribution in [3.05, 3.63) is 101 Å². The van der Waals surface area contributed by atoms with Crippen LogP contribution in [0.2, 0.25) is 0 Å². The number of methoxy groups -OCH3 is 1. The quantitative estimate of drug-likeness (QED) is 0.154. The zero-order chi connectivity index (χ0) is 32.1. The Hall–Kier alpha value is -4.27. The van der Waals surface area contributed by atoms with E-state index in [4.69, 9.17) is 0 Å². The predicted molar refractivity (Wildman–Crippen MR) is 170 cm³/mol. The van der Waals surface area contributed by atoms with E-state index in [1.807, 2.05) is 19.9 Å². The third kappa shape index (κ3) is 9.89. The molecule has 0 aromatic heterocycles. The SMILES string of the molecule is CCCN(CCC)C(=O)c1cccc(C(=O)NC(Cc2ccccc2)P(=O)(O)CCC(=O)Nc2ccc(C(=O)OC)cc2)c1. The fourth-order valence-corrected chi connectivity index (χ4v) is 6.30. The van der Waals surface area contributed by atoms with Gasteiger partial charge in [0.2, 0.25) is 13.3 Å². The van der Waals surface area contributed by atoms with Gasteiger partial charge in [-0.3, -0.25) is 18.9 Å². The third-order valence-electron chi connectivity index (χ3n) is 6.95. The van der Waals surface area contributed by atoms with E-state index < -0.39 is 30.9 Å². The summed E-state index contributed by atoms with van der Waals surface area (Å²) in [6.07, 6.45) is 1.02. The van der Waals surface area contributed by atoms with Crippen LogP contribution < -0.4 is 10.6 Å². The van der Waals surface area contributed by atoms with Crippen LogP contribution in [-0.4, -0.2) is 65.6 Å². The number of carbonyl (C=O) groups is 4. The van der Waals surface area contributed by atoms with Gasteiger partial charge < -0.3 is 25.2 Å². The summed E-state index contributed by atoms with van der Waals surface area (Å²) in [5.74, 6) is -2.96. The Balaban J connectivity index is 1.74. The zero-order valence-corrected chi connectivity index (χ0v) is 26.2. The molecule has 0 aliphatic carbocycles. The van der Waals surface area contributed by atoms with Crippen LogP contribution in [0.15, 0.2) is 78.9 Å². The van der Waals surface area contributed by atoms with Crippen LogP contribution in [0.4, 0.5) is 5.69 Å². The van der Waals surface area contributed by atoms with Crippen molar-refractivity contribution in [2.75, 3.05) is 31.7 Å². The van der Waals surface area contributed by atoms with Gasteiger partial charge in [-0.1, -0.05) is 50.2 Å². The van der Waals surface area contributed by atoms with Crippen molar-refractivity contribution in [2.24, 2.45) is 0 Å². The smallest absolute Gasteiger partial charge is 0.337 e. The minimum atomic E-state index is -4.12. The minimum absolute atomic E-state index is 0.0658. The van der Waals surface area contributed by atoms with Crippen LogP contribution in [-0.2, 0) is 20.5 Å². The molecular formula is C33H40N3O7P. The van der Waals surface area contributed by atoms with Crippen molar-refractivity contribution in [3.63, 3.8) is 0 Å². The van der Waals surface area contributed by atoms with Gasteiger partial charge in [0.15, 0.2) is 0 Å². The first-order chi connectivity index (χ1) is 21.1. The van der Waals surface area contributed by atoms with Crippen LogP contribution in [0, 0.1) is 0 Å². The van der Waals surface area contributed by atoms with Crippen LogP contribution in [0.3, 0.4) is 0 Å². The van der Waals surface area contributed by atoms with Crippen molar-refractivity contribution in [2.45, 2.75) is 45.3 Å². The summed E-state index contributed by atoms with van der Waals surface area (Å²) in [6.45, 7) is 5.19. The largest absolute Gasteiger partial charge is 0.465 e. The molecule has 0 saturated carbocycles. The van der Waals surface area contributed by atoms with Crippen LogP contribution in [0.5, 0.6) is 0 Å². The lowest BCUT2D eigenvalue weighted by Gasteiger charge is -2.25. The molecule has 0 spiro atoms. The molecule has 2 unspecified atom stereocenters. The topological polar surface area (TPSA) is 142 Å². The van der Waals surface area contributed by atoms with Gasteiger partial charge in [-0.25, -0.2) is 4.79 Å². The summed E-state index contributed by atoms with van der Waals surface area (Å²) < 4.78 is 18.3. The van der Waals surface area contributed by atoms with Gasteiger partial charge in [-0.15, -0.1) is 0 Å². The van der Waals surface area contributed by atoms with Gasteiger partial charge in [0.1, 0.15) is 5.78 Å². The molecular weight excluding hydrogens is 581 g/mol. The molecule has 0 saturated heterocycles. The lowest BCUT2D eigenvalue weighted by molar-refractivity contribution is -0.115. The molecule has 234 valence electrons. The zero-order valence-electron chi connectivity index (χ0n) is 25.3. The third-order valence-corrected chi connectivity index (χ3v) is 9.10. The van der Waals surface area contributed by atoms with E-state index in [1.54, 1.807) is 47.4 Å². The molecule has 0 aliphatic heterocycles. The molecule has 0 fully saturated rings. The Morgan fingerprint density at radius 2 is 1.50 bits per heavy atom. The molecule has 3 rings (SSSR count). The fourth-order valence-electron chi connectivity index (χ4n) is 4.65. The van der Waals surface area contributed by atoms with E-state index >= 15 is 0 Å². The number of ether oxygens (including phenoxy) is 1. The average molecular weight is 622 g/mol. The first kappa shape index (κ1) is 34.2. The molecule has 10 nitrogen and oxygen atoms in total. The number of hydrogen-bond acceptors (Lipinski definition) is 6. The molecule has 3 N–H and O–H groups in total. The molecule has 44 heavy (non-hydrogen) atoms. The van der Waals surface area contributed by atoms with Crippen molar-refractivity contribution in [1.82, 2.24) is 10.2 Å². The van der Waals surface area contributed by atoms with E-state index in [0.717, 1.165) is 18.4 Å². The number of amides is 3. The number of anilines is 1. The first-order valence-electron chi connectivity index (χ1n) is 14.6. The molecule has 3 amide bonds. The number of hydrogen-bond donors (Lipinski definition) is 3. The molecule has 0 bridgehead atoms. The number of esters is 1. The second-order valence-corrected chi connectivity index (χ2v) is 13.0. The van der Waals surface area contributed by atoms with E-state index in [-0.39, 0.29) is 30.5 Å². The van der Waals surface area contributed by atoms with Crippen molar-refractivity contribution in [3.8, 4) is 0 Å². The summed E-state index contributed by atoms with van der Waals surface area (Å²) in [6, 6.07) is 21.4. The molecule has 3 aromatic carbocycles.